The fourth-order valence-corrected chi connectivity index (χ4v) is 4.20. The average Bonchev–Trinajstić information content (AvgIpc) is 2.56. The van der Waals surface area contributed by atoms with Gasteiger partial charge in [-0.2, -0.15) is 11.8 Å². The van der Waals surface area contributed by atoms with E-state index in [0.29, 0.717) is 12.5 Å². The van der Waals surface area contributed by atoms with Crippen LogP contribution in [0.2, 0.25) is 5.02 Å². The van der Waals surface area contributed by atoms with E-state index in [2.05, 4.69) is 10.2 Å². The maximum Gasteiger partial charge on any atom is 0.224 e. The van der Waals surface area contributed by atoms with Crippen LogP contribution in [-0.4, -0.2) is 61.1 Å². The molecule has 0 aromatic heterocycles. The van der Waals surface area contributed by atoms with Gasteiger partial charge in [0.25, 0.3) is 0 Å². The lowest BCUT2D eigenvalue weighted by atomic mass is 10.2. The van der Waals surface area contributed by atoms with Crippen LogP contribution in [0.1, 0.15) is 6.42 Å². The molecule has 2 aliphatic rings. The Morgan fingerprint density at radius 2 is 2.05 bits per heavy atom. The van der Waals surface area contributed by atoms with Gasteiger partial charge in [0.05, 0.1) is 10.7 Å². The molecule has 2 aliphatic heterocycles. The van der Waals surface area contributed by atoms with Crippen LogP contribution in [0.15, 0.2) is 24.3 Å². The summed E-state index contributed by atoms with van der Waals surface area (Å²) in [6, 6.07) is 8.25. The van der Waals surface area contributed by atoms with E-state index in [1.54, 1.807) is 0 Å². The molecule has 0 bridgehead atoms. The standard InChI is InChI=1S/C16H22ClN3OS/c17-14-3-1-2-4-15(14)19-6-8-20(9-7-19)16(21)11-13-12-22-10-5-18-13/h1-4,13,18H,5-12H2. The van der Waals surface area contributed by atoms with Crippen molar-refractivity contribution >= 4 is 35.0 Å². The summed E-state index contributed by atoms with van der Waals surface area (Å²) in [5, 5.41) is 4.22. The quantitative estimate of drug-likeness (QED) is 0.914. The first-order chi connectivity index (χ1) is 10.7. The Balaban J connectivity index is 1.51. The number of carbonyl (C=O) groups is 1. The van der Waals surface area contributed by atoms with Crippen molar-refractivity contribution in [1.82, 2.24) is 10.2 Å². The highest BCUT2D eigenvalue weighted by atomic mass is 35.5. The predicted octanol–water partition coefficient (Wildman–Crippen LogP) is 2.08. The minimum absolute atomic E-state index is 0.277. The third-order valence-corrected chi connectivity index (χ3v) is 5.70. The summed E-state index contributed by atoms with van der Waals surface area (Å²) in [5.74, 6) is 2.48. The first kappa shape index (κ1) is 16.0. The molecular formula is C16H22ClN3OS. The fourth-order valence-electron chi connectivity index (χ4n) is 3.00. The number of thioether (sulfide) groups is 1. The molecule has 120 valence electrons. The van der Waals surface area contributed by atoms with Crippen LogP contribution in [0, 0.1) is 0 Å². The van der Waals surface area contributed by atoms with E-state index in [-0.39, 0.29) is 5.91 Å². The predicted molar refractivity (Wildman–Crippen MR) is 94.0 cm³/mol. The zero-order valence-corrected chi connectivity index (χ0v) is 14.2. The zero-order chi connectivity index (χ0) is 15.4. The lowest BCUT2D eigenvalue weighted by molar-refractivity contribution is -0.131. The van der Waals surface area contributed by atoms with E-state index in [1.807, 2.05) is 40.9 Å². The molecule has 1 aromatic rings. The van der Waals surface area contributed by atoms with Gasteiger partial charge < -0.3 is 15.1 Å². The molecule has 0 saturated carbocycles. The highest BCUT2D eigenvalue weighted by molar-refractivity contribution is 7.99. The van der Waals surface area contributed by atoms with Crippen molar-refractivity contribution in [2.75, 3.05) is 49.1 Å². The number of para-hydroxylation sites is 1. The normalized spacial score (nSPS) is 22.7. The van der Waals surface area contributed by atoms with Gasteiger partial charge in [-0.25, -0.2) is 0 Å². The van der Waals surface area contributed by atoms with Crippen molar-refractivity contribution in [3.8, 4) is 0 Å². The van der Waals surface area contributed by atoms with Crippen LogP contribution < -0.4 is 10.2 Å². The van der Waals surface area contributed by atoms with Crippen LogP contribution in [0.25, 0.3) is 0 Å². The number of rotatable bonds is 3. The van der Waals surface area contributed by atoms with Crippen LogP contribution in [-0.2, 0) is 4.79 Å². The molecule has 0 spiro atoms. The second-order valence-corrected chi connectivity index (χ2v) is 7.31. The van der Waals surface area contributed by atoms with Gasteiger partial charge in [-0.3, -0.25) is 4.79 Å². The summed E-state index contributed by atoms with van der Waals surface area (Å²) in [6.07, 6.45) is 0.624. The zero-order valence-electron chi connectivity index (χ0n) is 12.6. The molecule has 4 nitrogen and oxygen atoms in total. The molecule has 6 heteroatoms. The second-order valence-electron chi connectivity index (χ2n) is 5.75. The summed E-state index contributed by atoms with van der Waals surface area (Å²) in [5.41, 5.74) is 1.07. The Bertz CT molecular complexity index is 514. The summed E-state index contributed by atoms with van der Waals surface area (Å²) in [6.45, 7) is 4.28. The van der Waals surface area contributed by atoms with E-state index >= 15 is 0 Å². The Morgan fingerprint density at radius 3 is 2.73 bits per heavy atom. The number of piperazine rings is 1. The molecule has 1 unspecified atom stereocenters. The SMILES string of the molecule is O=C(CC1CSCCN1)N1CCN(c2ccccc2Cl)CC1. The first-order valence-corrected chi connectivity index (χ1v) is 9.35. The molecule has 2 saturated heterocycles. The maximum atomic E-state index is 12.4. The molecular weight excluding hydrogens is 318 g/mol. The largest absolute Gasteiger partial charge is 0.367 e. The number of hydrogen-bond donors (Lipinski definition) is 1. The average molecular weight is 340 g/mol. The second kappa shape index (κ2) is 7.57. The van der Waals surface area contributed by atoms with Gasteiger partial charge in [-0.15, -0.1) is 0 Å². The Kier molecular flexibility index (Phi) is 5.50. The monoisotopic (exact) mass is 339 g/mol. The number of nitrogens with one attached hydrogen (secondary N) is 1. The highest BCUT2D eigenvalue weighted by Gasteiger charge is 2.25. The van der Waals surface area contributed by atoms with Crippen molar-refractivity contribution in [2.45, 2.75) is 12.5 Å². The number of halogens is 1. The van der Waals surface area contributed by atoms with E-state index in [9.17, 15) is 4.79 Å². The van der Waals surface area contributed by atoms with Gasteiger partial charge in [-0.05, 0) is 12.1 Å². The Labute approximate surface area is 141 Å². The number of anilines is 1. The highest BCUT2D eigenvalue weighted by Crippen LogP contribution is 2.26. The molecule has 1 N–H and O–H groups in total. The topological polar surface area (TPSA) is 35.6 Å². The Hall–Kier alpha value is -0.910. The molecule has 0 aliphatic carbocycles. The Morgan fingerprint density at radius 1 is 1.27 bits per heavy atom. The van der Waals surface area contributed by atoms with E-state index in [0.717, 1.165) is 54.9 Å². The molecule has 2 heterocycles. The number of amides is 1. The molecule has 2 fully saturated rings. The molecule has 1 atom stereocenters. The minimum Gasteiger partial charge on any atom is -0.367 e. The third kappa shape index (κ3) is 3.89. The van der Waals surface area contributed by atoms with Crippen molar-refractivity contribution in [3.63, 3.8) is 0 Å². The van der Waals surface area contributed by atoms with Crippen molar-refractivity contribution in [3.05, 3.63) is 29.3 Å². The summed E-state index contributed by atoms with van der Waals surface area (Å²) < 4.78 is 0. The van der Waals surface area contributed by atoms with Gasteiger partial charge in [0.2, 0.25) is 5.91 Å². The lowest BCUT2D eigenvalue weighted by Crippen LogP contribution is -2.50. The molecule has 0 radical (unpaired) electrons. The molecule has 1 amide bonds. The van der Waals surface area contributed by atoms with Gasteiger partial charge in [-0.1, -0.05) is 23.7 Å². The summed E-state index contributed by atoms with van der Waals surface area (Å²) >= 11 is 8.19. The maximum absolute atomic E-state index is 12.4. The van der Waals surface area contributed by atoms with Crippen molar-refractivity contribution in [2.24, 2.45) is 0 Å². The molecule has 3 rings (SSSR count). The van der Waals surface area contributed by atoms with Crippen LogP contribution in [0.3, 0.4) is 0 Å². The van der Waals surface area contributed by atoms with Gasteiger partial charge in [0.15, 0.2) is 0 Å². The van der Waals surface area contributed by atoms with Gasteiger partial charge in [0, 0.05) is 56.7 Å². The van der Waals surface area contributed by atoms with Crippen LogP contribution >= 0.6 is 23.4 Å². The first-order valence-electron chi connectivity index (χ1n) is 7.82. The van der Waals surface area contributed by atoms with Crippen molar-refractivity contribution in [1.29, 1.82) is 0 Å². The van der Waals surface area contributed by atoms with Gasteiger partial charge in [0.1, 0.15) is 0 Å². The van der Waals surface area contributed by atoms with E-state index in [1.165, 1.54) is 0 Å². The van der Waals surface area contributed by atoms with Crippen LogP contribution in [0.4, 0.5) is 5.69 Å². The van der Waals surface area contributed by atoms with E-state index in [4.69, 9.17) is 11.6 Å². The fraction of sp³-hybridized carbons (Fsp3) is 0.562. The summed E-state index contributed by atoms with van der Waals surface area (Å²) in [4.78, 5) is 16.7. The molecule has 1 aromatic carbocycles. The molecule has 22 heavy (non-hydrogen) atoms. The van der Waals surface area contributed by atoms with Gasteiger partial charge >= 0.3 is 0 Å². The number of benzene rings is 1. The summed E-state index contributed by atoms with van der Waals surface area (Å²) in [7, 11) is 0. The number of hydrogen-bond acceptors (Lipinski definition) is 4. The lowest BCUT2D eigenvalue weighted by Gasteiger charge is -2.37. The minimum atomic E-state index is 0.277. The third-order valence-electron chi connectivity index (χ3n) is 4.24. The van der Waals surface area contributed by atoms with Crippen molar-refractivity contribution < 1.29 is 4.79 Å². The number of nitrogens with zero attached hydrogens (tertiary/aromatic N) is 2. The smallest absolute Gasteiger partial charge is 0.224 e. The number of carbonyl (C=O) groups excluding carboxylic acids is 1. The van der Waals surface area contributed by atoms with E-state index < -0.39 is 0 Å². The van der Waals surface area contributed by atoms with Crippen LogP contribution in [0.5, 0.6) is 0 Å².